The standard InChI is InChI=1S/C16H18N2O2/c1-10-11(2)18-8-7-14(10)13-5-3-12(4-6-13)9-15(17)16(19)20/h3-8,15H,9,17H2,1-2H3,(H,19,20)/t15-/m0/s1. The fourth-order valence-corrected chi connectivity index (χ4v) is 2.11. The molecule has 0 bridgehead atoms. The van der Waals surface area contributed by atoms with E-state index in [1.165, 1.54) is 0 Å². The number of benzene rings is 1. The second-order valence-corrected chi connectivity index (χ2v) is 4.91. The number of carboxylic acids is 1. The van der Waals surface area contributed by atoms with Gasteiger partial charge in [0.25, 0.3) is 0 Å². The predicted molar refractivity (Wildman–Crippen MR) is 78.5 cm³/mol. The zero-order chi connectivity index (χ0) is 14.7. The molecule has 0 amide bonds. The van der Waals surface area contributed by atoms with Gasteiger partial charge >= 0.3 is 5.97 Å². The van der Waals surface area contributed by atoms with Gasteiger partial charge in [-0.2, -0.15) is 0 Å². The van der Waals surface area contributed by atoms with Crippen molar-refractivity contribution in [1.82, 2.24) is 4.98 Å². The molecule has 1 atom stereocenters. The summed E-state index contributed by atoms with van der Waals surface area (Å²) in [5.41, 5.74) is 10.9. The number of aryl methyl sites for hydroxylation is 1. The van der Waals surface area contributed by atoms with Crippen LogP contribution in [0.25, 0.3) is 11.1 Å². The molecule has 104 valence electrons. The van der Waals surface area contributed by atoms with Gasteiger partial charge in [0.2, 0.25) is 0 Å². The zero-order valence-corrected chi connectivity index (χ0v) is 11.6. The highest BCUT2D eigenvalue weighted by atomic mass is 16.4. The number of aromatic nitrogens is 1. The highest BCUT2D eigenvalue weighted by Gasteiger charge is 2.12. The first kappa shape index (κ1) is 14.2. The largest absolute Gasteiger partial charge is 0.480 e. The monoisotopic (exact) mass is 270 g/mol. The van der Waals surface area contributed by atoms with Crippen LogP contribution in [0.3, 0.4) is 0 Å². The van der Waals surface area contributed by atoms with Gasteiger partial charge in [0.15, 0.2) is 0 Å². The molecule has 20 heavy (non-hydrogen) atoms. The predicted octanol–water partition coefficient (Wildman–Crippen LogP) is 2.32. The number of hydrogen-bond donors (Lipinski definition) is 2. The van der Waals surface area contributed by atoms with E-state index < -0.39 is 12.0 Å². The number of carbonyl (C=O) groups is 1. The van der Waals surface area contributed by atoms with Crippen molar-refractivity contribution in [3.8, 4) is 11.1 Å². The maximum Gasteiger partial charge on any atom is 0.320 e. The Bertz CT molecular complexity index is 621. The van der Waals surface area contributed by atoms with Gasteiger partial charge in [-0.3, -0.25) is 9.78 Å². The number of rotatable bonds is 4. The third kappa shape index (κ3) is 3.03. The molecule has 4 heteroatoms. The molecule has 1 aromatic heterocycles. The van der Waals surface area contributed by atoms with Gasteiger partial charge < -0.3 is 10.8 Å². The number of hydrogen-bond acceptors (Lipinski definition) is 3. The second-order valence-electron chi connectivity index (χ2n) is 4.91. The van der Waals surface area contributed by atoms with E-state index in [0.717, 1.165) is 27.9 Å². The lowest BCUT2D eigenvalue weighted by atomic mass is 9.98. The van der Waals surface area contributed by atoms with Crippen molar-refractivity contribution in [3.05, 3.63) is 53.3 Å². The number of nitrogens with zero attached hydrogens (tertiary/aromatic N) is 1. The van der Waals surface area contributed by atoms with Crippen LogP contribution in [0.15, 0.2) is 36.5 Å². The molecule has 0 radical (unpaired) electrons. The summed E-state index contributed by atoms with van der Waals surface area (Å²) in [6.07, 6.45) is 2.13. The SMILES string of the molecule is Cc1nccc(-c2ccc(C[C@H](N)C(=O)O)cc2)c1C. The van der Waals surface area contributed by atoms with Crippen molar-refractivity contribution in [2.45, 2.75) is 26.3 Å². The maximum atomic E-state index is 10.7. The summed E-state index contributed by atoms with van der Waals surface area (Å²) in [6.45, 7) is 4.03. The van der Waals surface area contributed by atoms with Crippen molar-refractivity contribution in [3.63, 3.8) is 0 Å². The molecule has 1 aromatic carbocycles. The molecule has 1 heterocycles. The number of pyridine rings is 1. The molecule has 0 fully saturated rings. The summed E-state index contributed by atoms with van der Waals surface area (Å²) in [5.74, 6) is -0.977. The minimum Gasteiger partial charge on any atom is -0.480 e. The number of carboxylic acid groups (broad SMARTS) is 1. The van der Waals surface area contributed by atoms with E-state index in [2.05, 4.69) is 4.98 Å². The fraction of sp³-hybridized carbons (Fsp3) is 0.250. The highest BCUT2D eigenvalue weighted by Crippen LogP contribution is 2.24. The van der Waals surface area contributed by atoms with Crippen LogP contribution in [0.4, 0.5) is 0 Å². The van der Waals surface area contributed by atoms with E-state index in [0.29, 0.717) is 6.42 Å². The lowest BCUT2D eigenvalue weighted by Gasteiger charge is -2.10. The van der Waals surface area contributed by atoms with Gasteiger partial charge in [0.05, 0.1) is 0 Å². The summed E-state index contributed by atoms with van der Waals surface area (Å²) < 4.78 is 0. The van der Waals surface area contributed by atoms with Crippen molar-refractivity contribution in [2.24, 2.45) is 5.73 Å². The molecular formula is C16H18N2O2. The molecule has 0 saturated carbocycles. The van der Waals surface area contributed by atoms with Crippen LogP contribution in [-0.2, 0) is 11.2 Å². The van der Waals surface area contributed by atoms with Crippen molar-refractivity contribution < 1.29 is 9.90 Å². The molecular weight excluding hydrogens is 252 g/mol. The van der Waals surface area contributed by atoms with E-state index >= 15 is 0 Å². The van der Waals surface area contributed by atoms with E-state index in [-0.39, 0.29) is 0 Å². The molecule has 0 spiro atoms. The molecule has 0 aliphatic carbocycles. The van der Waals surface area contributed by atoms with E-state index in [4.69, 9.17) is 10.8 Å². The third-order valence-electron chi connectivity index (χ3n) is 3.49. The van der Waals surface area contributed by atoms with Crippen LogP contribution in [0, 0.1) is 13.8 Å². The molecule has 0 aliphatic heterocycles. The topological polar surface area (TPSA) is 76.2 Å². The summed E-state index contributed by atoms with van der Waals surface area (Å²) in [4.78, 5) is 15.0. The van der Waals surface area contributed by atoms with Crippen molar-refractivity contribution in [1.29, 1.82) is 0 Å². The average molecular weight is 270 g/mol. The highest BCUT2D eigenvalue weighted by molar-refractivity contribution is 5.73. The van der Waals surface area contributed by atoms with Crippen LogP contribution in [0.2, 0.25) is 0 Å². The Kier molecular flexibility index (Phi) is 4.15. The summed E-state index contributed by atoms with van der Waals surface area (Å²) >= 11 is 0. The number of nitrogens with two attached hydrogens (primary N) is 1. The Balaban J connectivity index is 2.24. The first-order valence-corrected chi connectivity index (χ1v) is 6.49. The second kappa shape index (κ2) is 5.84. The van der Waals surface area contributed by atoms with Gasteiger partial charge in [-0.25, -0.2) is 0 Å². The van der Waals surface area contributed by atoms with Crippen LogP contribution in [0.5, 0.6) is 0 Å². The molecule has 2 aromatic rings. The van der Waals surface area contributed by atoms with E-state index in [9.17, 15) is 4.79 Å². The Morgan fingerprint density at radius 2 is 1.90 bits per heavy atom. The zero-order valence-electron chi connectivity index (χ0n) is 11.6. The van der Waals surface area contributed by atoms with Crippen LogP contribution in [0.1, 0.15) is 16.8 Å². The normalized spacial score (nSPS) is 12.2. The lowest BCUT2D eigenvalue weighted by Crippen LogP contribution is -2.32. The van der Waals surface area contributed by atoms with E-state index in [1.807, 2.05) is 44.2 Å². The van der Waals surface area contributed by atoms with Gasteiger partial charge in [0.1, 0.15) is 6.04 Å². The average Bonchev–Trinajstić information content (AvgIpc) is 2.43. The molecule has 0 aliphatic rings. The quantitative estimate of drug-likeness (QED) is 0.894. The van der Waals surface area contributed by atoms with Crippen LogP contribution >= 0.6 is 0 Å². The van der Waals surface area contributed by atoms with Crippen LogP contribution < -0.4 is 5.73 Å². The summed E-state index contributed by atoms with van der Waals surface area (Å²) in [6, 6.07) is 8.96. The molecule has 0 unspecified atom stereocenters. The summed E-state index contributed by atoms with van der Waals surface area (Å²) in [5, 5.41) is 8.81. The van der Waals surface area contributed by atoms with Crippen molar-refractivity contribution in [2.75, 3.05) is 0 Å². The molecule has 2 rings (SSSR count). The molecule has 4 nitrogen and oxygen atoms in total. The van der Waals surface area contributed by atoms with Gasteiger partial charge in [-0.05, 0) is 48.6 Å². The Morgan fingerprint density at radius 1 is 1.25 bits per heavy atom. The molecule has 0 saturated heterocycles. The maximum absolute atomic E-state index is 10.7. The van der Waals surface area contributed by atoms with Gasteiger partial charge in [-0.15, -0.1) is 0 Å². The van der Waals surface area contributed by atoms with Crippen molar-refractivity contribution >= 4 is 5.97 Å². The van der Waals surface area contributed by atoms with E-state index in [1.54, 1.807) is 6.20 Å². The first-order chi connectivity index (χ1) is 9.49. The summed E-state index contributed by atoms with van der Waals surface area (Å²) in [7, 11) is 0. The first-order valence-electron chi connectivity index (χ1n) is 6.49. The Hall–Kier alpha value is -2.20. The minimum atomic E-state index is -0.977. The number of aliphatic carboxylic acids is 1. The minimum absolute atomic E-state index is 0.337. The molecule has 3 N–H and O–H groups in total. The smallest absolute Gasteiger partial charge is 0.320 e. The Morgan fingerprint density at radius 3 is 2.50 bits per heavy atom. The van der Waals surface area contributed by atoms with Gasteiger partial charge in [-0.1, -0.05) is 24.3 Å². The third-order valence-corrected chi connectivity index (χ3v) is 3.49. The lowest BCUT2D eigenvalue weighted by molar-refractivity contribution is -0.138. The Labute approximate surface area is 118 Å². The fourth-order valence-electron chi connectivity index (χ4n) is 2.11. The van der Waals surface area contributed by atoms with Gasteiger partial charge in [0, 0.05) is 11.9 Å². The van der Waals surface area contributed by atoms with Crippen LogP contribution in [-0.4, -0.2) is 22.1 Å².